The lowest BCUT2D eigenvalue weighted by molar-refractivity contribution is 0.0818. The predicted octanol–water partition coefficient (Wildman–Crippen LogP) is 2.28. The van der Waals surface area contributed by atoms with Crippen molar-refractivity contribution in [2.75, 3.05) is 6.61 Å². The Morgan fingerprint density at radius 3 is 2.86 bits per heavy atom. The maximum atomic E-state index is 12.2. The maximum Gasteiger partial charge on any atom is 0.271 e. The highest BCUT2D eigenvalue weighted by Crippen LogP contribution is 2.29. The van der Waals surface area contributed by atoms with Gasteiger partial charge < -0.3 is 15.8 Å². The predicted molar refractivity (Wildman–Crippen MR) is 88.3 cm³/mol. The summed E-state index contributed by atoms with van der Waals surface area (Å²) >= 11 is 1.40. The molecule has 118 valence electrons. The van der Waals surface area contributed by atoms with E-state index in [1.54, 1.807) is 5.38 Å². The van der Waals surface area contributed by atoms with Gasteiger partial charge >= 0.3 is 0 Å². The molecule has 7 heteroatoms. The molecule has 22 heavy (non-hydrogen) atoms. The second-order valence-electron chi connectivity index (χ2n) is 4.90. The van der Waals surface area contributed by atoms with Crippen LogP contribution in [0.3, 0.4) is 0 Å². The van der Waals surface area contributed by atoms with Crippen molar-refractivity contribution < 1.29 is 9.53 Å². The fourth-order valence-electron chi connectivity index (χ4n) is 2.46. The quantitative estimate of drug-likeness (QED) is 0.896. The van der Waals surface area contributed by atoms with Crippen molar-refractivity contribution in [1.29, 1.82) is 0 Å². The fraction of sp³-hybridized carbons (Fsp3) is 0.333. The molecule has 1 aliphatic heterocycles. The number of thiazole rings is 1. The Bertz CT molecular complexity index is 620. The first-order chi connectivity index (χ1) is 10.3. The number of aromatic nitrogens is 1. The summed E-state index contributed by atoms with van der Waals surface area (Å²) < 4.78 is 5.76. The van der Waals surface area contributed by atoms with Crippen LogP contribution in [-0.4, -0.2) is 23.5 Å². The molecular weight excluding hydrogens is 322 g/mol. The van der Waals surface area contributed by atoms with E-state index in [4.69, 9.17) is 10.5 Å². The number of nitrogens with zero attached hydrogens (tertiary/aromatic N) is 1. The van der Waals surface area contributed by atoms with E-state index in [1.165, 1.54) is 11.3 Å². The Kier molecular flexibility index (Phi) is 5.90. The minimum atomic E-state index is -0.164. The van der Waals surface area contributed by atoms with Crippen LogP contribution < -0.4 is 11.1 Å². The average molecular weight is 340 g/mol. The van der Waals surface area contributed by atoms with Gasteiger partial charge in [0.15, 0.2) is 0 Å². The number of carbonyl (C=O) groups is 1. The molecule has 3 N–H and O–H groups in total. The molecule has 5 nitrogen and oxygen atoms in total. The van der Waals surface area contributed by atoms with Crippen molar-refractivity contribution in [3.63, 3.8) is 0 Å². The first kappa shape index (κ1) is 16.9. The Morgan fingerprint density at radius 2 is 2.18 bits per heavy atom. The minimum absolute atomic E-state index is 0. The van der Waals surface area contributed by atoms with E-state index in [0.717, 1.165) is 17.0 Å². The average Bonchev–Trinajstić information content (AvgIpc) is 3.17. The normalized spacial score (nSPS) is 20.4. The summed E-state index contributed by atoms with van der Waals surface area (Å²) in [4.78, 5) is 16.5. The number of nitrogens with two attached hydrogens (primary N) is 1. The van der Waals surface area contributed by atoms with Crippen LogP contribution in [0.15, 0.2) is 35.7 Å². The Morgan fingerprint density at radius 1 is 1.41 bits per heavy atom. The van der Waals surface area contributed by atoms with Gasteiger partial charge in [0.25, 0.3) is 5.91 Å². The van der Waals surface area contributed by atoms with Gasteiger partial charge in [-0.15, -0.1) is 23.7 Å². The first-order valence-electron chi connectivity index (χ1n) is 6.90. The summed E-state index contributed by atoms with van der Waals surface area (Å²) in [5.74, 6) is -0.164. The van der Waals surface area contributed by atoms with Crippen LogP contribution in [0.2, 0.25) is 0 Å². The summed E-state index contributed by atoms with van der Waals surface area (Å²) in [6, 6.07) is 9.93. The molecule has 0 saturated carbocycles. The lowest BCUT2D eigenvalue weighted by atomic mass is 10.0. The molecule has 0 aliphatic carbocycles. The number of ether oxygens (including phenoxy) is 1. The molecular formula is C15H18ClN3O2S. The van der Waals surface area contributed by atoms with Gasteiger partial charge in [0.05, 0.1) is 6.04 Å². The highest BCUT2D eigenvalue weighted by atomic mass is 35.5. The SMILES string of the molecule is Cl.NCc1nc(C(=O)NC2CCOC2c2ccccc2)cs1. The molecule has 0 radical (unpaired) electrons. The van der Waals surface area contributed by atoms with Crippen LogP contribution in [0.25, 0.3) is 0 Å². The smallest absolute Gasteiger partial charge is 0.271 e. The van der Waals surface area contributed by atoms with Crippen molar-refractivity contribution in [2.24, 2.45) is 5.73 Å². The van der Waals surface area contributed by atoms with E-state index in [1.807, 2.05) is 30.3 Å². The van der Waals surface area contributed by atoms with Gasteiger partial charge in [-0.2, -0.15) is 0 Å². The van der Waals surface area contributed by atoms with Crippen LogP contribution in [0.5, 0.6) is 0 Å². The van der Waals surface area contributed by atoms with E-state index in [9.17, 15) is 4.79 Å². The zero-order valence-electron chi connectivity index (χ0n) is 11.9. The highest BCUT2D eigenvalue weighted by molar-refractivity contribution is 7.09. The number of rotatable bonds is 4. The Balaban J connectivity index is 0.00000176. The molecule has 1 aromatic carbocycles. The highest BCUT2D eigenvalue weighted by Gasteiger charge is 2.31. The second-order valence-corrected chi connectivity index (χ2v) is 5.84. The third-order valence-electron chi connectivity index (χ3n) is 3.50. The summed E-state index contributed by atoms with van der Waals surface area (Å²) in [5.41, 5.74) is 7.04. The number of amides is 1. The molecule has 2 heterocycles. The van der Waals surface area contributed by atoms with Crippen molar-refractivity contribution in [1.82, 2.24) is 10.3 Å². The number of hydrogen-bond acceptors (Lipinski definition) is 5. The van der Waals surface area contributed by atoms with Gasteiger partial charge in [-0.05, 0) is 12.0 Å². The first-order valence-corrected chi connectivity index (χ1v) is 7.78. The van der Waals surface area contributed by atoms with E-state index in [-0.39, 0.29) is 30.5 Å². The largest absolute Gasteiger partial charge is 0.371 e. The molecule has 1 saturated heterocycles. The fourth-order valence-corrected chi connectivity index (χ4v) is 3.11. The van der Waals surface area contributed by atoms with Crippen LogP contribution in [-0.2, 0) is 11.3 Å². The molecule has 2 unspecified atom stereocenters. The number of halogens is 1. The number of nitrogens with one attached hydrogen (secondary N) is 1. The molecule has 1 aromatic heterocycles. The van der Waals surface area contributed by atoms with Crippen molar-refractivity contribution >= 4 is 29.7 Å². The van der Waals surface area contributed by atoms with Crippen molar-refractivity contribution in [2.45, 2.75) is 25.1 Å². The molecule has 1 amide bonds. The van der Waals surface area contributed by atoms with E-state index >= 15 is 0 Å². The Labute approximate surface area is 139 Å². The lowest BCUT2D eigenvalue weighted by Crippen LogP contribution is -2.37. The third-order valence-corrected chi connectivity index (χ3v) is 4.37. The number of hydrogen-bond donors (Lipinski definition) is 2. The second kappa shape index (κ2) is 7.69. The van der Waals surface area contributed by atoms with Gasteiger partial charge in [-0.25, -0.2) is 4.98 Å². The van der Waals surface area contributed by atoms with Crippen molar-refractivity contribution in [3.05, 3.63) is 52.0 Å². The van der Waals surface area contributed by atoms with Gasteiger partial charge in [0, 0.05) is 18.5 Å². The van der Waals surface area contributed by atoms with Gasteiger partial charge in [0.2, 0.25) is 0 Å². The number of carbonyl (C=O) groups excluding carboxylic acids is 1. The molecule has 2 atom stereocenters. The summed E-state index contributed by atoms with van der Waals surface area (Å²) in [5, 5.41) is 5.53. The Hall–Kier alpha value is -1.47. The van der Waals surface area contributed by atoms with Gasteiger partial charge in [-0.1, -0.05) is 30.3 Å². The summed E-state index contributed by atoms with van der Waals surface area (Å²) in [6.07, 6.45) is 0.710. The maximum absolute atomic E-state index is 12.2. The third kappa shape index (κ3) is 3.64. The van der Waals surface area contributed by atoms with Crippen molar-refractivity contribution in [3.8, 4) is 0 Å². The van der Waals surface area contributed by atoms with Gasteiger partial charge in [-0.3, -0.25) is 4.79 Å². The van der Waals surface area contributed by atoms with Crippen LogP contribution in [0, 0.1) is 0 Å². The monoisotopic (exact) mass is 339 g/mol. The van der Waals surface area contributed by atoms with Crippen LogP contribution >= 0.6 is 23.7 Å². The van der Waals surface area contributed by atoms with E-state index in [0.29, 0.717) is 18.8 Å². The van der Waals surface area contributed by atoms with Crippen LogP contribution in [0.1, 0.15) is 33.6 Å². The van der Waals surface area contributed by atoms with Gasteiger partial charge in [0.1, 0.15) is 16.8 Å². The van der Waals surface area contributed by atoms with Crippen LogP contribution in [0.4, 0.5) is 0 Å². The van der Waals surface area contributed by atoms with E-state index in [2.05, 4.69) is 10.3 Å². The molecule has 0 bridgehead atoms. The summed E-state index contributed by atoms with van der Waals surface area (Å²) in [6.45, 7) is 1.01. The van der Waals surface area contributed by atoms with E-state index < -0.39 is 0 Å². The zero-order chi connectivity index (χ0) is 14.7. The molecule has 1 aliphatic rings. The zero-order valence-corrected chi connectivity index (χ0v) is 13.5. The minimum Gasteiger partial charge on any atom is -0.371 e. The number of benzene rings is 1. The topological polar surface area (TPSA) is 77.2 Å². The molecule has 0 spiro atoms. The molecule has 2 aromatic rings. The summed E-state index contributed by atoms with van der Waals surface area (Å²) in [7, 11) is 0. The lowest BCUT2D eigenvalue weighted by Gasteiger charge is -2.19. The molecule has 3 rings (SSSR count). The molecule has 1 fully saturated rings. The standard InChI is InChI=1S/C15H17N3O2S.ClH/c16-8-13-17-12(9-21-13)15(19)18-11-6-7-20-14(11)10-4-2-1-3-5-10;/h1-5,9,11,14H,6-8,16H2,(H,18,19);1H.